The second kappa shape index (κ2) is 10.7. The molecule has 8 nitrogen and oxygen atoms in total. The van der Waals surface area contributed by atoms with Gasteiger partial charge in [0.25, 0.3) is 0 Å². The van der Waals surface area contributed by atoms with Gasteiger partial charge in [-0.25, -0.2) is 0 Å². The minimum Gasteiger partial charge on any atom is -0.497 e. The number of amides is 1. The van der Waals surface area contributed by atoms with Crippen LogP contribution >= 0.6 is 11.8 Å². The van der Waals surface area contributed by atoms with E-state index in [0.29, 0.717) is 22.3 Å². The molecule has 0 bridgehead atoms. The minimum absolute atomic E-state index is 0.140. The van der Waals surface area contributed by atoms with E-state index in [4.69, 9.17) is 9.47 Å². The van der Waals surface area contributed by atoms with Gasteiger partial charge in [0.2, 0.25) is 5.91 Å². The number of likely N-dealkylation sites (tertiary alicyclic amines) is 1. The van der Waals surface area contributed by atoms with Crippen molar-refractivity contribution < 1.29 is 14.3 Å². The van der Waals surface area contributed by atoms with Gasteiger partial charge in [-0.15, -0.1) is 10.2 Å². The lowest BCUT2D eigenvalue weighted by Gasteiger charge is -2.17. The monoisotopic (exact) mass is 467 g/mol. The normalized spacial score (nSPS) is 14.8. The molecule has 0 spiro atoms. The Kier molecular flexibility index (Phi) is 7.51. The molecule has 1 fully saturated rings. The Labute approximate surface area is 198 Å². The van der Waals surface area contributed by atoms with Crippen molar-refractivity contribution in [3.8, 4) is 17.2 Å². The highest BCUT2D eigenvalue weighted by Crippen LogP contribution is 2.29. The van der Waals surface area contributed by atoms with Crippen LogP contribution < -0.4 is 14.8 Å². The molecule has 0 aliphatic carbocycles. The number of anilines is 1. The van der Waals surface area contributed by atoms with Gasteiger partial charge in [-0.1, -0.05) is 30.0 Å². The van der Waals surface area contributed by atoms with Crippen LogP contribution in [0.3, 0.4) is 0 Å². The summed E-state index contributed by atoms with van der Waals surface area (Å²) < 4.78 is 12.6. The van der Waals surface area contributed by atoms with Crippen LogP contribution in [0, 0.1) is 0 Å². The van der Waals surface area contributed by atoms with E-state index in [9.17, 15) is 4.79 Å². The summed E-state index contributed by atoms with van der Waals surface area (Å²) in [6, 6.07) is 15.3. The number of thioether (sulfide) groups is 1. The SMILES string of the molecule is COc1cc(NC(=O)[C@@H](C)Sc2nnc(CN3CCCC3)n2-c2ccccc2)cc(OC)c1. The largest absolute Gasteiger partial charge is 0.497 e. The number of aromatic nitrogens is 3. The van der Waals surface area contributed by atoms with Crippen LogP contribution in [0.4, 0.5) is 5.69 Å². The molecule has 0 unspecified atom stereocenters. The van der Waals surface area contributed by atoms with E-state index in [0.717, 1.165) is 31.1 Å². The van der Waals surface area contributed by atoms with Crippen LogP contribution in [0.2, 0.25) is 0 Å². The van der Waals surface area contributed by atoms with E-state index >= 15 is 0 Å². The van der Waals surface area contributed by atoms with Crippen molar-refractivity contribution in [2.45, 2.75) is 36.7 Å². The van der Waals surface area contributed by atoms with Gasteiger partial charge in [0.1, 0.15) is 11.5 Å². The number of para-hydroxylation sites is 1. The standard InChI is InChI=1S/C24H29N5O3S/c1-17(23(30)25-18-13-20(31-2)15-21(14-18)32-3)33-24-27-26-22(16-28-11-7-8-12-28)29(24)19-9-5-4-6-10-19/h4-6,9-10,13-15,17H,7-8,11-12,16H2,1-3H3,(H,25,30)/t17-/m1/s1. The first-order valence-corrected chi connectivity index (χ1v) is 11.9. The van der Waals surface area contributed by atoms with Gasteiger partial charge in [0.05, 0.1) is 26.0 Å². The van der Waals surface area contributed by atoms with E-state index in [1.54, 1.807) is 32.4 Å². The molecule has 2 aromatic carbocycles. The van der Waals surface area contributed by atoms with Gasteiger partial charge in [-0.2, -0.15) is 0 Å². The van der Waals surface area contributed by atoms with E-state index in [1.165, 1.54) is 24.6 Å². The van der Waals surface area contributed by atoms with Crippen LogP contribution in [-0.2, 0) is 11.3 Å². The number of nitrogens with zero attached hydrogens (tertiary/aromatic N) is 4. The molecule has 2 heterocycles. The Morgan fingerprint density at radius 3 is 2.36 bits per heavy atom. The van der Waals surface area contributed by atoms with Crippen molar-refractivity contribution in [3.63, 3.8) is 0 Å². The van der Waals surface area contributed by atoms with Crippen LogP contribution in [-0.4, -0.2) is 58.1 Å². The number of ether oxygens (including phenoxy) is 2. The number of hydrogen-bond donors (Lipinski definition) is 1. The summed E-state index contributed by atoms with van der Waals surface area (Å²) >= 11 is 1.39. The number of methoxy groups -OCH3 is 2. The number of carbonyl (C=O) groups excluding carboxylic acids is 1. The molecule has 1 aliphatic rings. The predicted octanol–water partition coefficient (Wildman–Crippen LogP) is 4.00. The zero-order valence-electron chi connectivity index (χ0n) is 19.2. The highest BCUT2D eigenvalue weighted by atomic mass is 32.2. The van der Waals surface area contributed by atoms with E-state index in [1.807, 2.05) is 37.3 Å². The van der Waals surface area contributed by atoms with Crippen molar-refractivity contribution in [1.29, 1.82) is 0 Å². The first kappa shape index (κ1) is 23.1. The molecular formula is C24H29N5O3S. The van der Waals surface area contributed by atoms with Crippen molar-refractivity contribution in [2.24, 2.45) is 0 Å². The van der Waals surface area contributed by atoms with Gasteiger partial charge in [0, 0.05) is 29.6 Å². The Hall–Kier alpha value is -3.04. The fourth-order valence-corrected chi connectivity index (χ4v) is 4.68. The second-order valence-electron chi connectivity index (χ2n) is 7.90. The summed E-state index contributed by atoms with van der Waals surface area (Å²) in [5.41, 5.74) is 1.60. The molecule has 174 valence electrons. The summed E-state index contributed by atoms with van der Waals surface area (Å²) in [5.74, 6) is 1.97. The predicted molar refractivity (Wildman–Crippen MR) is 129 cm³/mol. The third-order valence-electron chi connectivity index (χ3n) is 5.55. The first-order valence-electron chi connectivity index (χ1n) is 11.0. The molecule has 4 rings (SSSR count). The molecule has 0 radical (unpaired) electrons. The van der Waals surface area contributed by atoms with Crippen LogP contribution in [0.25, 0.3) is 5.69 Å². The number of hydrogen-bond acceptors (Lipinski definition) is 7. The van der Waals surface area contributed by atoms with Crippen molar-refractivity contribution in [1.82, 2.24) is 19.7 Å². The van der Waals surface area contributed by atoms with Gasteiger partial charge in [-0.05, 0) is 45.0 Å². The zero-order chi connectivity index (χ0) is 23.2. The second-order valence-corrected chi connectivity index (χ2v) is 9.21. The third kappa shape index (κ3) is 5.66. The van der Waals surface area contributed by atoms with E-state index < -0.39 is 5.25 Å². The van der Waals surface area contributed by atoms with Gasteiger partial charge >= 0.3 is 0 Å². The van der Waals surface area contributed by atoms with Crippen molar-refractivity contribution in [3.05, 3.63) is 54.4 Å². The molecule has 3 aromatic rings. The quantitative estimate of drug-likeness (QED) is 0.476. The number of benzene rings is 2. The summed E-state index contributed by atoms with van der Waals surface area (Å²) in [6.45, 7) is 4.76. The molecular weight excluding hydrogens is 438 g/mol. The fourth-order valence-electron chi connectivity index (χ4n) is 3.79. The Morgan fingerprint density at radius 2 is 1.73 bits per heavy atom. The maximum atomic E-state index is 13.0. The van der Waals surface area contributed by atoms with Gasteiger partial charge in [0.15, 0.2) is 11.0 Å². The van der Waals surface area contributed by atoms with Gasteiger partial charge in [-0.3, -0.25) is 14.3 Å². The highest BCUT2D eigenvalue weighted by Gasteiger charge is 2.23. The molecule has 1 amide bonds. The zero-order valence-corrected chi connectivity index (χ0v) is 20.0. The maximum Gasteiger partial charge on any atom is 0.237 e. The molecule has 1 atom stereocenters. The minimum atomic E-state index is -0.395. The topological polar surface area (TPSA) is 81.5 Å². The van der Waals surface area contributed by atoms with E-state index in [2.05, 4.69) is 25.0 Å². The van der Waals surface area contributed by atoms with Gasteiger partial charge < -0.3 is 14.8 Å². The lowest BCUT2D eigenvalue weighted by molar-refractivity contribution is -0.115. The number of rotatable bonds is 9. The number of nitrogens with one attached hydrogen (secondary N) is 1. The van der Waals surface area contributed by atoms with E-state index in [-0.39, 0.29) is 5.91 Å². The maximum absolute atomic E-state index is 13.0. The Morgan fingerprint density at radius 1 is 1.06 bits per heavy atom. The van der Waals surface area contributed by atoms with Crippen LogP contribution in [0.5, 0.6) is 11.5 Å². The first-order chi connectivity index (χ1) is 16.1. The average molecular weight is 468 g/mol. The Bertz CT molecular complexity index is 1060. The van der Waals surface area contributed by atoms with Crippen molar-refractivity contribution >= 4 is 23.4 Å². The molecule has 0 saturated carbocycles. The third-order valence-corrected chi connectivity index (χ3v) is 6.59. The molecule has 1 aliphatic heterocycles. The molecule has 9 heteroatoms. The summed E-state index contributed by atoms with van der Waals surface area (Å²) in [4.78, 5) is 15.4. The molecule has 33 heavy (non-hydrogen) atoms. The Balaban J connectivity index is 1.53. The number of carbonyl (C=O) groups is 1. The average Bonchev–Trinajstić information content (AvgIpc) is 3.49. The summed E-state index contributed by atoms with van der Waals surface area (Å²) in [5, 5.41) is 12.2. The summed E-state index contributed by atoms with van der Waals surface area (Å²) in [6.07, 6.45) is 2.43. The molecule has 1 saturated heterocycles. The summed E-state index contributed by atoms with van der Waals surface area (Å²) in [7, 11) is 3.16. The lowest BCUT2D eigenvalue weighted by Crippen LogP contribution is -2.23. The molecule has 1 aromatic heterocycles. The van der Waals surface area contributed by atoms with Crippen LogP contribution in [0.15, 0.2) is 53.7 Å². The molecule has 1 N–H and O–H groups in total. The van der Waals surface area contributed by atoms with Crippen molar-refractivity contribution in [2.75, 3.05) is 32.6 Å². The highest BCUT2D eigenvalue weighted by molar-refractivity contribution is 8.00. The smallest absolute Gasteiger partial charge is 0.237 e. The lowest BCUT2D eigenvalue weighted by atomic mass is 10.2. The fraction of sp³-hybridized carbons (Fsp3) is 0.375. The van der Waals surface area contributed by atoms with Crippen LogP contribution in [0.1, 0.15) is 25.6 Å².